The summed E-state index contributed by atoms with van der Waals surface area (Å²) in [5.41, 5.74) is 7.77. The molecule has 4 aromatic heterocycles. The number of hydrogen-bond acceptors (Lipinski definition) is 9. The molecule has 9 nitrogen and oxygen atoms in total. The highest BCUT2D eigenvalue weighted by atomic mass is 35.5. The van der Waals surface area contributed by atoms with Crippen LogP contribution >= 0.6 is 58.0 Å². The lowest BCUT2D eigenvalue weighted by Crippen LogP contribution is -2.15. The molecule has 0 fully saturated rings. The first-order valence-electron chi connectivity index (χ1n) is 16.5. The van der Waals surface area contributed by atoms with Crippen molar-refractivity contribution in [3.8, 4) is 11.5 Å². The van der Waals surface area contributed by atoms with Crippen LogP contribution in [0, 0.1) is 0 Å². The smallest absolute Gasteiger partial charge is 0.153 e. The van der Waals surface area contributed by atoms with Crippen molar-refractivity contribution in [1.82, 2.24) is 19.9 Å². The number of pyridine rings is 4. The number of fused-ring (bicyclic) bond motifs is 2. The zero-order valence-corrected chi connectivity index (χ0v) is 32.8. The number of rotatable bonds is 5. The van der Waals surface area contributed by atoms with Crippen LogP contribution in [0.15, 0.2) is 146 Å². The molecule has 0 aliphatic carbocycles. The topological polar surface area (TPSA) is 147 Å². The van der Waals surface area contributed by atoms with E-state index in [2.05, 4.69) is 25.3 Å². The highest BCUT2D eigenvalue weighted by molar-refractivity contribution is 6.38. The van der Waals surface area contributed by atoms with Crippen LogP contribution in [0.3, 0.4) is 0 Å². The minimum Gasteiger partial charge on any atom is -0.506 e. The third-order valence-electron chi connectivity index (χ3n) is 7.82. The number of anilines is 2. The van der Waals surface area contributed by atoms with Gasteiger partial charge in [-0.25, -0.2) is 9.97 Å². The maximum absolute atomic E-state index is 11.0. The highest BCUT2D eigenvalue weighted by Crippen LogP contribution is 2.43. The lowest BCUT2D eigenvalue weighted by molar-refractivity contribution is 0.112. The molecule has 8 rings (SSSR count). The van der Waals surface area contributed by atoms with E-state index in [0.29, 0.717) is 76.1 Å². The Kier molecular flexibility index (Phi) is 15.0. The molecule has 0 spiro atoms. The zero-order valence-electron chi connectivity index (χ0n) is 29.1. The van der Waals surface area contributed by atoms with E-state index in [1.165, 1.54) is 0 Å². The molecule has 282 valence electrons. The molecule has 0 saturated heterocycles. The number of hydrogen-bond donors (Lipinski definition) is 4. The first-order chi connectivity index (χ1) is 27.1. The van der Waals surface area contributed by atoms with Crippen molar-refractivity contribution in [3.05, 3.63) is 188 Å². The Morgan fingerprint density at radius 2 is 1.16 bits per heavy atom. The van der Waals surface area contributed by atoms with Gasteiger partial charge >= 0.3 is 0 Å². The predicted molar refractivity (Wildman–Crippen MR) is 228 cm³/mol. The number of aromatic hydroxyl groups is 2. The van der Waals surface area contributed by atoms with Crippen molar-refractivity contribution in [3.63, 3.8) is 0 Å². The summed E-state index contributed by atoms with van der Waals surface area (Å²) in [5.74, 6) is 1.41. The quantitative estimate of drug-likeness (QED) is 0.124. The summed E-state index contributed by atoms with van der Waals surface area (Å²) in [6.45, 7) is 0. The maximum atomic E-state index is 11.0. The molecular formula is C42H31Cl5N6O3. The van der Waals surface area contributed by atoms with E-state index in [1.807, 2.05) is 48.5 Å². The second-order valence-corrected chi connectivity index (χ2v) is 13.5. The van der Waals surface area contributed by atoms with Crippen LogP contribution in [0.25, 0.3) is 21.8 Å². The largest absolute Gasteiger partial charge is 0.506 e. The Morgan fingerprint density at radius 3 is 1.71 bits per heavy atom. The van der Waals surface area contributed by atoms with Crippen molar-refractivity contribution in [1.29, 1.82) is 0 Å². The number of aldehydes is 1. The van der Waals surface area contributed by atoms with Crippen molar-refractivity contribution >= 4 is 97.7 Å². The molecule has 1 atom stereocenters. The first kappa shape index (κ1) is 41.5. The molecular weight excluding hydrogens is 814 g/mol. The Labute approximate surface area is 347 Å². The molecule has 0 saturated carbocycles. The Balaban J connectivity index is 0.000000173. The number of nitrogens with one attached hydrogen (secondary N) is 1. The number of carbonyl (C=O) groups is 1. The summed E-state index contributed by atoms with van der Waals surface area (Å²) >= 11 is 30.7. The third kappa shape index (κ3) is 10.8. The Hall–Kier alpha value is -5.68. The lowest BCUT2D eigenvalue weighted by Gasteiger charge is -2.24. The Bertz CT molecular complexity index is 2510. The van der Waals surface area contributed by atoms with Crippen molar-refractivity contribution in [2.75, 3.05) is 11.1 Å². The van der Waals surface area contributed by atoms with E-state index in [4.69, 9.17) is 63.7 Å². The van der Waals surface area contributed by atoms with Crippen molar-refractivity contribution in [2.45, 2.75) is 6.04 Å². The number of nitrogen functional groups attached to an aromatic ring is 1. The van der Waals surface area contributed by atoms with Gasteiger partial charge in [-0.05, 0) is 78.9 Å². The van der Waals surface area contributed by atoms with Crippen LogP contribution in [0.5, 0.6) is 11.5 Å². The fourth-order valence-corrected chi connectivity index (χ4v) is 6.57. The zero-order chi connectivity index (χ0) is 40.0. The summed E-state index contributed by atoms with van der Waals surface area (Å²) in [5, 5.41) is 27.4. The van der Waals surface area contributed by atoms with Crippen molar-refractivity contribution in [2.24, 2.45) is 0 Å². The Morgan fingerprint density at radius 1 is 0.589 bits per heavy atom. The molecule has 0 aliphatic heterocycles. The number of nitrogens with two attached hydrogens (primary N) is 1. The molecule has 14 heteroatoms. The molecule has 5 N–H and O–H groups in total. The van der Waals surface area contributed by atoms with Gasteiger partial charge in [0.2, 0.25) is 0 Å². The van der Waals surface area contributed by atoms with Crippen LogP contribution in [0.4, 0.5) is 11.6 Å². The number of aromatic nitrogens is 4. The van der Waals surface area contributed by atoms with Gasteiger partial charge in [0.1, 0.15) is 34.2 Å². The second-order valence-electron chi connectivity index (χ2n) is 11.5. The van der Waals surface area contributed by atoms with E-state index < -0.39 is 6.04 Å². The summed E-state index contributed by atoms with van der Waals surface area (Å²) in [6.07, 6.45) is 7.25. The van der Waals surface area contributed by atoms with Gasteiger partial charge < -0.3 is 21.3 Å². The number of carbonyl (C=O) groups excluding carboxylic acids is 1. The van der Waals surface area contributed by atoms with Gasteiger partial charge in [0.05, 0.1) is 26.7 Å². The number of nitrogens with zero attached hydrogens (tertiary/aromatic N) is 4. The van der Waals surface area contributed by atoms with Crippen LogP contribution in [0.1, 0.15) is 27.5 Å². The van der Waals surface area contributed by atoms with Crippen LogP contribution in [-0.4, -0.2) is 36.4 Å². The normalized spacial score (nSPS) is 10.8. The van der Waals surface area contributed by atoms with E-state index in [-0.39, 0.29) is 11.5 Å². The summed E-state index contributed by atoms with van der Waals surface area (Å²) in [7, 11) is 0. The van der Waals surface area contributed by atoms with Gasteiger partial charge in [-0.2, -0.15) is 0 Å². The van der Waals surface area contributed by atoms with E-state index >= 15 is 0 Å². The second kappa shape index (κ2) is 20.3. The average Bonchev–Trinajstić information content (AvgIpc) is 3.21. The van der Waals surface area contributed by atoms with E-state index in [1.54, 1.807) is 97.6 Å². The summed E-state index contributed by atoms with van der Waals surface area (Å²) in [6, 6.07) is 34.9. The van der Waals surface area contributed by atoms with Crippen LogP contribution in [0.2, 0.25) is 25.1 Å². The number of phenolic OH excluding ortho intramolecular Hbond substituents is 2. The van der Waals surface area contributed by atoms with E-state index in [9.17, 15) is 15.0 Å². The minimum absolute atomic E-state index is 0.00409. The van der Waals surface area contributed by atoms with Crippen LogP contribution in [-0.2, 0) is 0 Å². The molecule has 4 aromatic carbocycles. The molecule has 0 amide bonds. The monoisotopic (exact) mass is 842 g/mol. The predicted octanol–water partition coefficient (Wildman–Crippen LogP) is 11.9. The third-order valence-corrected chi connectivity index (χ3v) is 9.45. The summed E-state index contributed by atoms with van der Waals surface area (Å²) in [4.78, 5) is 26.7. The molecule has 4 heterocycles. The molecule has 8 aromatic rings. The number of para-hydroxylation sites is 1. The molecule has 0 radical (unpaired) electrons. The fourth-order valence-electron chi connectivity index (χ4n) is 5.20. The lowest BCUT2D eigenvalue weighted by atomic mass is 9.96. The molecule has 0 aliphatic rings. The SMILES string of the molecule is Nc1ccccn1.O=Cc1c(Cl)cccc1Cl.Oc1c(C(Nc2ccccn2)c2c(Cl)cccc2Cl)cc(Cl)c2cccnc12.Oc1cccc2cccnc12. The van der Waals surface area contributed by atoms with Crippen molar-refractivity contribution < 1.29 is 15.0 Å². The number of benzene rings is 4. The standard InChI is InChI=1S/C21H14Cl3N3O.C9H7NO.C7H4Cl2O.C5H6N2/c22-14-6-3-7-15(23)18(14)19(27-17-8-1-2-9-25-17)13-11-16(24)12-5-4-10-26-20(12)21(13)28;11-8-5-1-3-7-4-2-6-10-9(7)8;8-6-2-1-3-7(9)5(6)4-10;6-5-3-1-2-4-7-5/h1-11,19,28H,(H,25,27);1-6,11H;1-4H;1-4H,(H2,6,7). The fraction of sp³-hybridized carbons (Fsp3) is 0.0238. The minimum atomic E-state index is -0.597. The number of phenols is 2. The van der Waals surface area contributed by atoms with Gasteiger partial charge in [-0.1, -0.05) is 100 Å². The van der Waals surface area contributed by atoms with Gasteiger partial charge in [-0.3, -0.25) is 14.8 Å². The molecule has 0 bridgehead atoms. The first-order valence-corrected chi connectivity index (χ1v) is 18.4. The highest BCUT2D eigenvalue weighted by Gasteiger charge is 2.26. The van der Waals surface area contributed by atoms with Gasteiger partial charge in [0.25, 0.3) is 0 Å². The average molecular weight is 845 g/mol. The van der Waals surface area contributed by atoms with Gasteiger partial charge in [0.15, 0.2) is 6.29 Å². The van der Waals surface area contributed by atoms with Gasteiger partial charge in [0, 0.05) is 56.7 Å². The van der Waals surface area contributed by atoms with Crippen LogP contribution < -0.4 is 11.1 Å². The molecule has 1 unspecified atom stereocenters. The summed E-state index contributed by atoms with van der Waals surface area (Å²) < 4.78 is 0. The van der Waals surface area contributed by atoms with Gasteiger partial charge in [-0.15, -0.1) is 0 Å². The maximum Gasteiger partial charge on any atom is 0.153 e. The number of halogens is 5. The molecule has 56 heavy (non-hydrogen) atoms. The van der Waals surface area contributed by atoms with E-state index in [0.717, 1.165) is 5.39 Å².